The Morgan fingerprint density at radius 1 is 1.27 bits per heavy atom. The third kappa shape index (κ3) is 2.50. The van der Waals surface area contributed by atoms with Gasteiger partial charge in [-0.3, -0.25) is 0 Å². The highest BCUT2D eigenvalue weighted by molar-refractivity contribution is 7.10. The summed E-state index contributed by atoms with van der Waals surface area (Å²) in [4.78, 5) is 1.29. The van der Waals surface area contributed by atoms with Crippen LogP contribution in [0, 0.1) is 0 Å². The van der Waals surface area contributed by atoms with Gasteiger partial charge in [0.2, 0.25) is 0 Å². The number of phenols is 1. The summed E-state index contributed by atoms with van der Waals surface area (Å²) in [6.45, 7) is 2.11. The average Bonchev–Trinajstić information content (AvgIpc) is 2.70. The van der Waals surface area contributed by atoms with Crippen LogP contribution in [0.15, 0.2) is 41.8 Å². The largest absolute Gasteiger partial charge is 0.508 e. The fourth-order valence-electron chi connectivity index (χ4n) is 1.45. The maximum atomic E-state index is 9.32. The molecule has 2 nitrogen and oxygen atoms in total. The average molecular weight is 219 g/mol. The molecule has 2 aromatic rings. The first-order chi connectivity index (χ1) is 7.25. The fourth-order valence-corrected chi connectivity index (χ4v) is 2.19. The van der Waals surface area contributed by atoms with Crippen molar-refractivity contribution < 1.29 is 5.11 Å². The molecule has 78 valence electrons. The van der Waals surface area contributed by atoms with E-state index < -0.39 is 0 Å². The van der Waals surface area contributed by atoms with E-state index in [1.54, 1.807) is 23.5 Å². The Balaban J connectivity index is 2.09. The van der Waals surface area contributed by atoms with Gasteiger partial charge in [-0.25, -0.2) is 0 Å². The molecular formula is C12H13NOS. The standard InChI is InChI=1S/C12H13NOS/c1-9(12-6-3-7-15-12)13-10-4-2-5-11(14)8-10/h2-9,13-14H,1H3. The first-order valence-corrected chi connectivity index (χ1v) is 5.72. The van der Waals surface area contributed by atoms with Crippen molar-refractivity contribution in [1.29, 1.82) is 0 Å². The zero-order valence-electron chi connectivity index (χ0n) is 8.47. The molecule has 0 aliphatic heterocycles. The number of benzene rings is 1. The van der Waals surface area contributed by atoms with E-state index in [9.17, 15) is 5.11 Å². The van der Waals surface area contributed by atoms with E-state index in [-0.39, 0.29) is 6.04 Å². The first kappa shape index (κ1) is 10.1. The van der Waals surface area contributed by atoms with Crippen molar-refractivity contribution in [2.75, 3.05) is 5.32 Å². The van der Waals surface area contributed by atoms with Gasteiger partial charge in [0.1, 0.15) is 5.75 Å². The molecule has 2 N–H and O–H groups in total. The van der Waals surface area contributed by atoms with Crippen LogP contribution in [0.25, 0.3) is 0 Å². The minimum absolute atomic E-state index is 0.270. The number of anilines is 1. The van der Waals surface area contributed by atoms with Gasteiger partial charge in [0.15, 0.2) is 0 Å². The van der Waals surface area contributed by atoms with Crippen LogP contribution in [0.1, 0.15) is 17.8 Å². The summed E-state index contributed by atoms with van der Waals surface area (Å²) in [6, 6.07) is 11.6. The van der Waals surface area contributed by atoms with Crippen LogP contribution in [0.5, 0.6) is 5.75 Å². The number of phenolic OH excluding ortho intramolecular Hbond substituents is 1. The van der Waals surface area contributed by atoms with Gasteiger partial charge in [-0.05, 0) is 30.5 Å². The second-order valence-electron chi connectivity index (χ2n) is 3.43. The second kappa shape index (κ2) is 4.36. The van der Waals surface area contributed by atoms with E-state index in [0.29, 0.717) is 5.75 Å². The van der Waals surface area contributed by atoms with Crippen LogP contribution >= 0.6 is 11.3 Å². The van der Waals surface area contributed by atoms with Crippen LogP contribution in [0.3, 0.4) is 0 Å². The molecule has 0 bridgehead atoms. The molecule has 15 heavy (non-hydrogen) atoms. The zero-order chi connectivity index (χ0) is 10.7. The van der Waals surface area contributed by atoms with Crippen LogP contribution in [0.2, 0.25) is 0 Å². The Hall–Kier alpha value is -1.48. The molecule has 1 atom stereocenters. The van der Waals surface area contributed by atoms with Gasteiger partial charge in [0.05, 0.1) is 6.04 Å². The quantitative estimate of drug-likeness (QED) is 0.826. The van der Waals surface area contributed by atoms with Gasteiger partial charge in [-0.15, -0.1) is 11.3 Å². The van der Waals surface area contributed by atoms with E-state index >= 15 is 0 Å². The van der Waals surface area contributed by atoms with E-state index in [1.165, 1.54) is 4.88 Å². The molecule has 3 heteroatoms. The molecule has 0 saturated carbocycles. The van der Waals surface area contributed by atoms with Crippen LogP contribution in [-0.2, 0) is 0 Å². The SMILES string of the molecule is CC(Nc1cccc(O)c1)c1cccs1. The molecule has 1 aromatic carbocycles. The van der Waals surface area contributed by atoms with Gasteiger partial charge in [-0.2, -0.15) is 0 Å². The third-order valence-corrected chi connectivity index (χ3v) is 3.25. The molecule has 0 amide bonds. The van der Waals surface area contributed by atoms with E-state index in [4.69, 9.17) is 0 Å². The molecule has 0 fully saturated rings. The molecule has 0 aliphatic rings. The lowest BCUT2D eigenvalue weighted by Crippen LogP contribution is -2.04. The fraction of sp³-hybridized carbons (Fsp3) is 0.167. The Kier molecular flexibility index (Phi) is 2.92. The Morgan fingerprint density at radius 2 is 2.13 bits per heavy atom. The maximum absolute atomic E-state index is 9.32. The van der Waals surface area contributed by atoms with Gasteiger partial charge in [0.25, 0.3) is 0 Å². The predicted octanol–water partition coefficient (Wildman–Crippen LogP) is 3.63. The topological polar surface area (TPSA) is 32.3 Å². The van der Waals surface area contributed by atoms with Crippen molar-refractivity contribution in [3.63, 3.8) is 0 Å². The lowest BCUT2D eigenvalue weighted by molar-refractivity contribution is 0.475. The minimum Gasteiger partial charge on any atom is -0.508 e. The summed E-state index contributed by atoms with van der Waals surface area (Å²) < 4.78 is 0. The molecule has 2 rings (SSSR count). The number of thiophene rings is 1. The summed E-state index contributed by atoms with van der Waals surface area (Å²) in [5, 5.41) is 14.7. The molecule has 0 spiro atoms. The Bertz CT molecular complexity index is 425. The summed E-state index contributed by atoms with van der Waals surface area (Å²) in [5.41, 5.74) is 0.941. The number of hydrogen-bond acceptors (Lipinski definition) is 3. The Morgan fingerprint density at radius 3 is 2.80 bits per heavy atom. The predicted molar refractivity (Wildman–Crippen MR) is 64.5 cm³/mol. The molecular weight excluding hydrogens is 206 g/mol. The third-order valence-electron chi connectivity index (χ3n) is 2.20. The van der Waals surface area contributed by atoms with E-state index in [0.717, 1.165) is 5.69 Å². The minimum atomic E-state index is 0.270. The van der Waals surface area contributed by atoms with Crippen LogP contribution in [-0.4, -0.2) is 5.11 Å². The van der Waals surface area contributed by atoms with Crippen molar-refractivity contribution in [3.8, 4) is 5.75 Å². The highest BCUT2D eigenvalue weighted by Gasteiger charge is 2.05. The van der Waals surface area contributed by atoms with Gasteiger partial charge in [0, 0.05) is 16.6 Å². The molecule has 1 aromatic heterocycles. The highest BCUT2D eigenvalue weighted by Crippen LogP contribution is 2.24. The van der Waals surface area contributed by atoms with Gasteiger partial charge in [-0.1, -0.05) is 12.1 Å². The second-order valence-corrected chi connectivity index (χ2v) is 4.41. The van der Waals surface area contributed by atoms with E-state index in [1.807, 2.05) is 18.2 Å². The Labute approximate surface area is 93.2 Å². The summed E-state index contributed by atoms with van der Waals surface area (Å²) >= 11 is 1.73. The number of aromatic hydroxyl groups is 1. The molecule has 1 unspecified atom stereocenters. The molecule has 0 radical (unpaired) electrons. The number of rotatable bonds is 3. The molecule has 0 aliphatic carbocycles. The molecule has 0 saturated heterocycles. The van der Waals surface area contributed by atoms with Crippen molar-refractivity contribution in [2.24, 2.45) is 0 Å². The zero-order valence-corrected chi connectivity index (χ0v) is 9.29. The van der Waals surface area contributed by atoms with Crippen LogP contribution < -0.4 is 5.32 Å². The van der Waals surface area contributed by atoms with Gasteiger partial charge < -0.3 is 10.4 Å². The van der Waals surface area contributed by atoms with Crippen molar-refractivity contribution >= 4 is 17.0 Å². The monoisotopic (exact) mass is 219 g/mol. The maximum Gasteiger partial charge on any atom is 0.117 e. The lowest BCUT2D eigenvalue weighted by atomic mass is 10.2. The van der Waals surface area contributed by atoms with Crippen molar-refractivity contribution in [1.82, 2.24) is 0 Å². The number of hydrogen-bond donors (Lipinski definition) is 2. The smallest absolute Gasteiger partial charge is 0.117 e. The van der Waals surface area contributed by atoms with Crippen molar-refractivity contribution in [2.45, 2.75) is 13.0 Å². The highest BCUT2D eigenvalue weighted by atomic mass is 32.1. The van der Waals surface area contributed by atoms with Crippen LogP contribution in [0.4, 0.5) is 5.69 Å². The number of nitrogens with one attached hydrogen (secondary N) is 1. The summed E-state index contributed by atoms with van der Waals surface area (Å²) in [6.07, 6.45) is 0. The lowest BCUT2D eigenvalue weighted by Gasteiger charge is -2.13. The summed E-state index contributed by atoms with van der Waals surface area (Å²) in [7, 11) is 0. The summed E-state index contributed by atoms with van der Waals surface area (Å²) in [5.74, 6) is 0.290. The molecule has 1 heterocycles. The van der Waals surface area contributed by atoms with E-state index in [2.05, 4.69) is 23.7 Å². The van der Waals surface area contributed by atoms with Gasteiger partial charge >= 0.3 is 0 Å². The first-order valence-electron chi connectivity index (χ1n) is 4.84. The van der Waals surface area contributed by atoms with Crippen molar-refractivity contribution in [3.05, 3.63) is 46.7 Å². The normalized spacial score (nSPS) is 12.3.